The molecule has 1 atom stereocenters. The minimum Gasteiger partial charge on any atom is -0.378 e. The Kier molecular flexibility index (Phi) is 6.27. The van der Waals surface area contributed by atoms with Gasteiger partial charge in [-0.05, 0) is 22.9 Å². The molecule has 1 fully saturated rings. The summed E-state index contributed by atoms with van der Waals surface area (Å²) >= 11 is 3.34. The Morgan fingerprint density at radius 1 is 1.30 bits per heavy atom. The zero-order valence-corrected chi connectivity index (χ0v) is 17.0. The van der Waals surface area contributed by atoms with Crippen LogP contribution in [0, 0.1) is 5.92 Å². The molecule has 2 aromatic heterocycles. The van der Waals surface area contributed by atoms with E-state index in [1.807, 2.05) is 20.0 Å². The van der Waals surface area contributed by atoms with Crippen molar-refractivity contribution in [3.8, 4) is 0 Å². The highest BCUT2D eigenvalue weighted by molar-refractivity contribution is 9.10. The highest BCUT2D eigenvalue weighted by atomic mass is 79.9. The molecule has 1 aliphatic heterocycles. The third-order valence-corrected chi connectivity index (χ3v) is 4.82. The molecule has 1 aliphatic rings. The topological polar surface area (TPSA) is 94.3 Å². The summed E-state index contributed by atoms with van der Waals surface area (Å²) < 4.78 is 9.48. The molecule has 0 bridgehead atoms. The van der Waals surface area contributed by atoms with Gasteiger partial charge in [-0.1, -0.05) is 6.92 Å². The van der Waals surface area contributed by atoms with Gasteiger partial charge in [0.05, 0.1) is 48.2 Å². The SMILES string of the molecule is CCn1ncc(NC(=O)C(C)Cn2cc(Br)cn2)c1C(=O)N1CCOCC1. The van der Waals surface area contributed by atoms with Crippen LogP contribution in [0.25, 0.3) is 0 Å². The van der Waals surface area contributed by atoms with Gasteiger partial charge in [-0.25, -0.2) is 0 Å². The Balaban J connectivity index is 1.73. The van der Waals surface area contributed by atoms with Crippen molar-refractivity contribution in [2.75, 3.05) is 31.6 Å². The van der Waals surface area contributed by atoms with Gasteiger partial charge in [-0.15, -0.1) is 0 Å². The molecule has 10 heteroatoms. The van der Waals surface area contributed by atoms with E-state index in [9.17, 15) is 9.59 Å². The number of halogens is 1. The molecule has 0 spiro atoms. The van der Waals surface area contributed by atoms with Crippen molar-refractivity contribution in [2.45, 2.75) is 26.9 Å². The number of hydrogen-bond acceptors (Lipinski definition) is 5. The van der Waals surface area contributed by atoms with E-state index >= 15 is 0 Å². The lowest BCUT2D eigenvalue weighted by atomic mass is 10.1. The van der Waals surface area contributed by atoms with Crippen molar-refractivity contribution in [3.05, 3.63) is 28.8 Å². The number of rotatable bonds is 6. The predicted octanol–water partition coefficient (Wildman–Crippen LogP) is 1.61. The second-order valence-corrected chi connectivity index (χ2v) is 7.31. The summed E-state index contributed by atoms with van der Waals surface area (Å²) in [6, 6.07) is 0. The van der Waals surface area contributed by atoms with Gasteiger partial charge in [0.2, 0.25) is 5.91 Å². The first-order valence-electron chi connectivity index (χ1n) is 8.91. The smallest absolute Gasteiger partial charge is 0.274 e. The van der Waals surface area contributed by atoms with Crippen molar-refractivity contribution >= 4 is 33.4 Å². The number of aromatic nitrogens is 4. The zero-order valence-electron chi connectivity index (χ0n) is 15.4. The molecule has 3 rings (SSSR count). The Hall–Kier alpha value is -2.20. The molecule has 0 radical (unpaired) electrons. The van der Waals surface area contributed by atoms with Gasteiger partial charge >= 0.3 is 0 Å². The number of anilines is 1. The summed E-state index contributed by atoms with van der Waals surface area (Å²) in [5.74, 6) is -0.655. The van der Waals surface area contributed by atoms with Gasteiger partial charge in [0.25, 0.3) is 5.91 Å². The van der Waals surface area contributed by atoms with Crippen LogP contribution in [0.2, 0.25) is 0 Å². The minimum atomic E-state index is -0.326. The average molecular weight is 439 g/mol. The molecular weight excluding hydrogens is 416 g/mol. The van der Waals surface area contributed by atoms with Crippen molar-refractivity contribution in [1.82, 2.24) is 24.5 Å². The largest absolute Gasteiger partial charge is 0.378 e. The third-order valence-electron chi connectivity index (χ3n) is 4.41. The van der Waals surface area contributed by atoms with Crippen LogP contribution < -0.4 is 5.32 Å². The van der Waals surface area contributed by atoms with Crippen LogP contribution in [0.3, 0.4) is 0 Å². The first-order chi connectivity index (χ1) is 13.0. The van der Waals surface area contributed by atoms with Crippen LogP contribution in [0.5, 0.6) is 0 Å². The van der Waals surface area contributed by atoms with E-state index in [4.69, 9.17) is 4.74 Å². The predicted molar refractivity (Wildman–Crippen MR) is 102 cm³/mol. The van der Waals surface area contributed by atoms with Crippen LogP contribution in [-0.2, 0) is 22.6 Å². The number of aryl methyl sites for hydroxylation is 1. The van der Waals surface area contributed by atoms with Crippen molar-refractivity contribution in [2.24, 2.45) is 5.92 Å². The van der Waals surface area contributed by atoms with Gasteiger partial charge in [0, 0.05) is 25.8 Å². The van der Waals surface area contributed by atoms with E-state index in [0.29, 0.717) is 50.8 Å². The van der Waals surface area contributed by atoms with Crippen LogP contribution in [-0.4, -0.2) is 62.6 Å². The van der Waals surface area contributed by atoms with E-state index in [0.717, 1.165) is 4.47 Å². The first kappa shape index (κ1) is 19.6. The molecule has 146 valence electrons. The molecule has 0 saturated carbocycles. The lowest BCUT2D eigenvalue weighted by Crippen LogP contribution is -2.42. The second kappa shape index (κ2) is 8.66. The number of nitrogens with one attached hydrogen (secondary N) is 1. The number of carbonyl (C=O) groups excluding carboxylic acids is 2. The van der Waals surface area contributed by atoms with E-state index in [2.05, 4.69) is 31.4 Å². The summed E-state index contributed by atoms with van der Waals surface area (Å²) in [7, 11) is 0. The van der Waals surface area contributed by atoms with Gasteiger partial charge in [0.1, 0.15) is 5.69 Å². The van der Waals surface area contributed by atoms with Crippen LogP contribution in [0.15, 0.2) is 23.1 Å². The van der Waals surface area contributed by atoms with E-state index in [1.54, 1.807) is 20.5 Å². The fourth-order valence-electron chi connectivity index (χ4n) is 2.92. The van der Waals surface area contributed by atoms with E-state index < -0.39 is 0 Å². The maximum Gasteiger partial charge on any atom is 0.274 e. The molecule has 1 N–H and O–H groups in total. The monoisotopic (exact) mass is 438 g/mol. The highest BCUT2D eigenvalue weighted by Gasteiger charge is 2.27. The Morgan fingerprint density at radius 2 is 2.04 bits per heavy atom. The lowest BCUT2D eigenvalue weighted by Gasteiger charge is -2.27. The Labute approximate surface area is 165 Å². The Morgan fingerprint density at radius 3 is 2.67 bits per heavy atom. The van der Waals surface area contributed by atoms with Crippen LogP contribution >= 0.6 is 15.9 Å². The maximum absolute atomic E-state index is 12.9. The van der Waals surface area contributed by atoms with E-state index in [-0.39, 0.29) is 17.7 Å². The maximum atomic E-state index is 12.9. The normalized spacial score (nSPS) is 15.6. The van der Waals surface area contributed by atoms with E-state index in [1.165, 1.54) is 6.20 Å². The van der Waals surface area contributed by atoms with Gasteiger partial charge in [-0.3, -0.25) is 19.0 Å². The summed E-state index contributed by atoms with van der Waals surface area (Å²) in [6.45, 7) is 6.81. The number of morpholine rings is 1. The number of ether oxygens (including phenoxy) is 1. The second-order valence-electron chi connectivity index (χ2n) is 6.40. The van der Waals surface area contributed by atoms with Crippen molar-refractivity contribution < 1.29 is 14.3 Å². The number of nitrogens with zero attached hydrogens (tertiary/aromatic N) is 5. The molecule has 1 unspecified atom stereocenters. The molecule has 2 amide bonds. The average Bonchev–Trinajstić information content (AvgIpc) is 3.27. The number of amides is 2. The molecule has 1 saturated heterocycles. The first-order valence-corrected chi connectivity index (χ1v) is 9.70. The molecular formula is C17H23BrN6O3. The molecule has 27 heavy (non-hydrogen) atoms. The van der Waals surface area contributed by atoms with Crippen LogP contribution in [0.4, 0.5) is 5.69 Å². The summed E-state index contributed by atoms with van der Waals surface area (Å²) in [6.07, 6.45) is 5.02. The summed E-state index contributed by atoms with van der Waals surface area (Å²) in [4.78, 5) is 27.3. The van der Waals surface area contributed by atoms with Crippen LogP contribution in [0.1, 0.15) is 24.3 Å². The molecule has 2 aromatic rings. The quantitative estimate of drug-likeness (QED) is 0.738. The van der Waals surface area contributed by atoms with Gasteiger partial charge < -0.3 is 15.0 Å². The highest BCUT2D eigenvalue weighted by Crippen LogP contribution is 2.20. The van der Waals surface area contributed by atoms with Crippen molar-refractivity contribution in [1.29, 1.82) is 0 Å². The van der Waals surface area contributed by atoms with Gasteiger partial charge in [0.15, 0.2) is 0 Å². The fraction of sp³-hybridized carbons (Fsp3) is 0.529. The molecule has 9 nitrogen and oxygen atoms in total. The van der Waals surface area contributed by atoms with Crippen molar-refractivity contribution in [3.63, 3.8) is 0 Å². The molecule has 3 heterocycles. The Bertz CT molecular complexity index is 811. The summed E-state index contributed by atoms with van der Waals surface area (Å²) in [5.41, 5.74) is 0.841. The molecule has 0 aliphatic carbocycles. The number of carbonyl (C=O) groups is 2. The zero-order chi connectivity index (χ0) is 19.4. The lowest BCUT2D eigenvalue weighted by molar-refractivity contribution is -0.119. The minimum absolute atomic E-state index is 0.142. The standard InChI is InChI=1S/C17H23BrN6O3/c1-3-24-15(17(26)22-4-6-27-7-5-22)14(9-20-24)21-16(25)12(2)10-23-11-13(18)8-19-23/h8-9,11-12H,3-7,10H2,1-2H3,(H,21,25). The fourth-order valence-corrected chi connectivity index (χ4v) is 3.24. The molecule has 0 aromatic carbocycles. The number of hydrogen-bond donors (Lipinski definition) is 1. The van der Waals surface area contributed by atoms with Gasteiger partial charge in [-0.2, -0.15) is 10.2 Å². The summed E-state index contributed by atoms with van der Waals surface area (Å²) in [5, 5.41) is 11.3. The third kappa shape index (κ3) is 4.56.